The van der Waals surface area contributed by atoms with Gasteiger partial charge in [0.2, 0.25) is 0 Å². The Labute approximate surface area is 94.6 Å². The Balaban J connectivity index is 2.00. The van der Waals surface area contributed by atoms with E-state index in [2.05, 4.69) is 17.2 Å². The SMILES string of the molecule is COCCOCCNC(C)c1nccs1. The van der Waals surface area contributed by atoms with Crippen molar-refractivity contribution in [3.05, 3.63) is 16.6 Å². The Bertz CT molecular complexity index is 242. The number of thiazole rings is 1. The first-order chi connectivity index (χ1) is 7.34. The van der Waals surface area contributed by atoms with Gasteiger partial charge in [-0.2, -0.15) is 0 Å². The third-order valence-corrected chi connectivity index (χ3v) is 2.91. The quantitative estimate of drug-likeness (QED) is 0.687. The molecule has 0 saturated heterocycles. The van der Waals surface area contributed by atoms with E-state index in [-0.39, 0.29) is 0 Å². The number of rotatable bonds is 8. The fourth-order valence-corrected chi connectivity index (χ4v) is 1.80. The molecule has 0 saturated carbocycles. The van der Waals surface area contributed by atoms with Gasteiger partial charge in [-0.05, 0) is 6.92 Å². The average Bonchev–Trinajstić information content (AvgIpc) is 2.76. The molecule has 4 nitrogen and oxygen atoms in total. The fourth-order valence-electron chi connectivity index (χ4n) is 1.13. The van der Waals surface area contributed by atoms with E-state index >= 15 is 0 Å². The summed E-state index contributed by atoms with van der Waals surface area (Å²) in [6, 6.07) is 0.302. The molecule has 86 valence electrons. The van der Waals surface area contributed by atoms with Gasteiger partial charge in [-0.3, -0.25) is 0 Å². The summed E-state index contributed by atoms with van der Waals surface area (Å²) in [7, 11) is 1.67. The van der Waals surface area contributed by atoms with Crippen molar-refractivity contribution in [1.29, 1.82) is 0 Å². The van der Waals surface area contributed by atoms with Crippen LogP contribution < -0.4 is 5.32 Å². The Hall–Kier alpha value is -0.490. The van der Waals surface area contributed by atoms with Crippen molar-refractivity contribution in [2.75, 3.05) is 33.5 Å². The summed E-state index contributed by atoms with van der Waals surface area (Å²) < 4.78 is 10.2. The van der Waals surface area contributed by atoms with E-state index in [9.17, 15) is 0 Å². The molecule has 1 atom stereocenters. The fraction of sp³-hybridized carbons (Fsp3) is 0.700. The average molecular weight is 230 g/mol. The molecule has 0 fully saturated rings. The van der Waals surface area contributed by atoms with Crippen molar-refractivity contribution in [3.8, 4) is 0 Å². The predicted molar refractivity (Wildman–Crippen MR) is 61.2 cm³/mol. The number of aromatic nitrogens is 1. The Morgan fingerprint density at radius 1 is 1.47 bits per heavy atom. The van der Waals surface area contributed by atoms with Crippen LogP contribution in [0, 0.1) is 0 Å². The highest BCUT2D eigenvalue weighted by Gasteiger charge is 2.05. The summed E-state index contributed by atoms with van der Waals surface area (Å²) in [6.45, 7) is 4.96. The van der Waals surface area contributed by atoms with Crippen LogP contribution in [-0.2, 0) is 9.47 Å². The summed E-state index contributed by atoms with van der Waals surface area (Å²) in [5.74, 6) is 0. The van der Waals surface area contributed by atoms with Crippen LogP contribution in [0.5, 0.6) is 0 Å². The summed E-state index contributed by atoms with van der Waals surface area (Å²) in [5, 5.41) is 6.45. The molecule has 1 aromatic rings. The van der Waals surface area contributed by atoms with E-state index < -0.39 is 0 Å². The van der Waals surface area contributed by atoms with Crippen molar-refractivity contribution < 1.29 is 9.47 Å². The number of ether oxygens (including phenoxy) is 2. The van der Waals surface area contributed by atoms with Gasteiger partial charge in [-0.1, -0.05) is 0 Å². The minimum Gasteiger partial charge on any atom is -0.382 e. The zero-order valence-electron chi connectivity index (χ0n) is 9.23. The largest absolute Gasteiger partial charge is 0.382 e. The number of nitrogens with one attached hydrogen (secondary N) is 1. The highest BCUT2D eigenvalue weighted by molar-refractivity contribution is 7.09. The van der Waals surface area contributed by atoms with Gasteiger partial charge in [0, 0.05) is 25.2 Å². The van der Waals surface area contributed by atoms with Crippen LogP contribution in [0.25, 0.3) is 0 Å². The van der Waals surface area contributed by atoms with Crippen molar-refractivity contribution >= 4 is 11.3 Å². The maximum absolute atomic E-state index is 5.34. The molecule has 0 aromatic carbocycles. The van der Waals surface area contributed by atoms with E-state index in [4.69, 9.17) is 9.47 Å². The lowest BCUT2D eigenvalue weighted by molar-refractivity contribution is 0.0712. The summed E-state index contributed by atoms with van der Waals surface area (Å²) in [5.41, 5.74) is 0. The molecule has 0 radical (unpaired) electrons. The zero-order chi connectivity index (χ0) is 10.9. The van der Waals surface area contributed by atoms with E-state index in [0.717, 1.165) is 11.6 Å². The van der Waals surface area contributed by atoms with Crippen LogP contribution >= 0.6 is 11.3 Å². The topological polar surface area (TPSA) is 43.4 Å². The van der Waals surface area contributed by atoms with E-state index in [1.54, 1.807) is 18.4 Å². The third-order valence-electron chi connectivity index (χ3n) is 1.95. The summed E-state index contributed by atoms with van der Waals surface area (Å²) in [4.78, 5) is 4.24. The van der Waals surface area contributed by atoms with Gasteiger partial charge < -0.3 is 14.8 Å². The minimum absolute atomic E-state index is 0.302. The first-order valence-corrected chi connectivity index (χ1v) is 5.92. The van der Waals surface area contributed by atoms with E-state index in [1.165, 1.54) is 0 Å². The van der Waals surface area contributed by atoms with Gasteiger partial charge in [0.1, 0.15) is 5.01 Å². The smallest absolute Gasteiger partial charge is 0.109 e. The highest BCUT2D eigenvalue weighted by atomic mass is 32.1. The van der Waals surface area contributed by atoms with Gasteiger partial charge in [-0.25, -0.2) is 4.98 Å². The molecule has 0 amide bonds. The molecule has 1 rings (SSSR count). The van der Waals surface area contributed by atoms with E-state index in [0.29, 0.717) is 25.9 Å². The molecular weight excluding hydrogens is 212 g/mol. The van der Waals surface area contributed by atoms with Gasteiger partial charge >= 0.3 is 0 Å². The lowest BCUT2D eigenvalue weighted by Gasteiger charge is -2.10. The maximum atomic E-state index is 5.34. The minimum atomic E-state index is 0.302. The van der Waals surface area contributed by atoms with Gasteiger partial charge in [0.05, 0.1) is 25.9 Å². The van der Waals surface area contributed by atoms with Crippen molar-refractivity contribution in [2.24, 2.45) is 0 Å². The second-order valence-electron chi connectivity index (χ2n) is 3.15. The molecule has 0 aliphatic carbocycles. The molecule has 1 heterocycles. The number of methoxy groups -OCH3 is 1. The maximum Gasteiger partial charge on any atom is 0.109 e. The van der Waals surface area contributed by atoms with Gasteiger partial charge in [0.25, 0.3) is 0 Å². The second kappa shape index (κ2) is 7.76. The van der Waals surface area contributed by atoms with Crippen molar-refractivity contribution in [3.63, 3.8) is 0 Å². The predicted octanol–water partition coefficient (Wildman–Crippen LogP) is 1.46. The molecule has 15 heavy (non-hydrogen) atoms. The van der Waals surface area contributed by atoms with Crippen LogP contribution in [-0.4, -0.2) is 38.5 Å². The third kappa shape index (κ3) is 5.22. The zero-order valence-corrected chi connectivity index (χ0v) is 10.0. The molecule has 5 heteroatoms. The first-order valence-electron chi connectivity index (χ1n) is 5.04. The molecule has 1 unspecified atom stereocenters. The van der Waals surface area contributed by atoms with Crippen LogP contribution in [0.3, 0.4) is 0 Å². The summed E-state index contributed by atoms with van der Waals surface area (Å²) in [6.07, 6.45) is 1.83. The Morgan fingerprint density at radius 2 is 2.33 bits per heavy atom. The number of hydrogen-bond donors (Lipinski definition) is 1. The number of hydrogen-bond acceptors (Lipinski definition) is 5. The lowest BCUT2D eigenvalue weighted by atomic mass is 10.3. The molecule has 0 aliphatic rings. The lowest BCUT2D eigenvalue weighted by Crippen LogP contribution is -2.23. The highest BCUT2D eigenvalue weighted by Crippen LogP contribution is 2.13. The van der Waals surface area contributed by atoms with Gasteiger partial charge in [0.15, 0.2) is 0 Å². The second-order valence-corrected chi connectivity index (χ2v) is 4.08. The van der Waals surface area contributed by atoms with Crippen molar-refractivity contribution in [2.45, 2.75) is 13.0 Å². The van der Waals surface area contributed by atoms with E-state index in [1.807, 2.05) is 11.6 Å². The Morgan fingerprint density at radius 3 is 3.00 bits per heavy atom. The van der Waals surface area contributed by atoms with Crippen LogP contribution in [0.15, 0.2) is 11.6 Å². The molecule has 1 aromatic heterocycles. The normalized spacial score (nSPS) is 12.9. The van der Waals surface area contributed by atoms with Crippen LogP contribution in [0.4, 0.5) is 0 Å². The molecular formula is C10H18N2O2S. The summed E-state index contributed by atoms with van der Waals surface area (Å²) >= 11 is 1.67. The van der Waals surface area contributed by atoms with Gasteiger partial charge in [-0.15, -0.1) is 11.3 Å². The van der Waals surface area contributed by atoms with Crippen LogP contribution in [0.1, 0.15) is 18.0 Å². The molecule has 0 spiro atoms. The molecule has 0 aliphatic heterocycles. The van der Waals surface area contributed by atoms with Crippen LogP contribution in [0.2, 0.25) is 0 Å². The first kappa shape index (κ1) is 12.6. The molecule has 0 bridgehead atoms. The molecule has 1 N–H and O–H groups in total. The number of nitrogens with zero attached hydrogens (tertiary/aromatic N) is 1. The van der Waals surface area contributed by atoms with Crippen molar-refractivity contribution in [1.82, 2.24) is 10.3 Å². The monoisotopic (exact) mass is 230 g/mol. The Kier molecular flexibility index (Phi) is 6.50. The standard InChI is InChI=1S/C10H18N2O2S/c1-9(10-12-4-8-15-10)11-3-5-14-7-6-13-2/h4,8-9,11H,3,5-7H2,1-2H3.